The van der Waals surface area contributed by atoms with Gasteiger partial charge in [0, 0.05) is 18.3 Å². The Hall–Kier alpha value is -1.24. The fraction of sp³-hybridized carbons (Fsp3) is 0.273. The summed E-state index contributed by atoms with van der Waals surface area (Å²) in [5.41, 5.74) is 1.38. The molecule has 0 atom stereocenters. The van der Waals surface area contributed by atoms with Crippen LogP contribution in [0.5, 0.6) is 0 Å². The van der Waals surface area contributed by atoms with E-state index in [1.807, 2.05) is 0 Å². The van der Waals surface area contributed by atoms with Crippen molar-refractivity contribution in [3.05, 3.63) is 42.4 Å². The second-order valence-corrected chi connectivity index (χ2v) is 3.10. The average Bonchev–Trinajstić information content (AvgIpc) is 2.59. The Morgan fingerprint density at radius 2 is 2.08 bits per heavy atom. The highest BCUT2D eigenvalue weighted by Gasteiger charge is 2.02. The van der Waals surface area contributed by atoms with E-state index in [1.165, 1.54) is 18.4 Å². The summed E-state index contributed by atoms with van der Waals surface area (Å²) < 4.78 is 2.27. The molecule has 0 amide bonds. The summed E-state index contributed by atoms with van der Waals surface area (Å²) in [6.07, 6.45) is 4.66. The molecule has 0 aromatic heterocycles. The van der Waals surface area contributed by atoms with E-state index in [0.717, 1.165) is 6.54 Å². The van der Waals surface area contributed by atoms with Crippen LogP contribution in [0.1, 0.15) is 18.4 Å². The monoisotopic (exact) mass is 159 g/mol. The minimum Gasteiger partial charge on any atom is -0.365 e. The van der Waals surface area contributed by atoms with E-state index < -0.39 is 0 Å². The number of nitrogens with zero attached hydrogens (tertiary/aromatic N) is 1. The Morgan fingerprint density at radius 1 is 1.25 bits per heavy atom. The summed E-state index contributed by atoms with van der Waals surface area (Å²) in [7, 11) is 0. The molecule has 12 heavy (non-hydrogen) atoms. The van der Waals surface area contributed by atoms with Crippen LogP contribution >= 0.6 is 0 Å². The fourth-order valence-electron chi connectivity index (χ4n) is 1.48. The zero-order valence-corrected chi connectivity index (χ0v) is 7.11. The molecule has 1 heterocycles. The van der Waals surface area contributed by atoms with Gasteiger partial charge in [0.1, 0.15) is 6.54 Å². The van der Waals surface area contributed by atoms with Gasteiger partial charge in [0.2, 0.25) is 0 Å². The molecule has 0 N–H and O–H groups in total. The number of benzene rings is 1. The van der Waals surface area contributed by atoms with E-state index >= 15 is 0 Å². The second-order valence-electron chi connectivity index (χ2n) is 3.10. The molecular formula is C11H13N. The van der Waals surface area contributed by atoms with Gasteiger partial charge in [-0.25, -0.2) is 0 Å². The molecule has 0 saturated heterocycles. The van der Waals surface area contributed by atoms with Gasteiger partial charge < -0.3 is 4.58 Å². The van der Waals surface area contributed by atoms with Crippen molar-refractivity contribution in [3.63, 3.8) is 0 Å². The normalized spacial score (nSPS) is 15.5. The Balaban J connectivity index is 2.04. The molecule has 0 aliphatic carbocycles. The van der Waals surface area contributed by atoms with Gasteiger partial charge >= 0.3 is 0 Å². The van der Waals surface area contributed by atoms with Crippen LogP contribution in [-0.2, 0) is 6.54 Å². The van der Waals surface area contributed by atoms with Gasteiger partial charge in [0.05, 0.1) is 0 Å². The van der Waals surface area contributed by atoms with Crippen molar-refractivity contribution >= 4 is 6.21 Å². The van der Waals surface area contributed by atoms with Crippen molar-refractivity contribution in [2.75, 3.05) is 0 Å². The summed E-state index contributed by atoms with van der Waals surface area (Å²) >= 11 is 0. The standard InChI is InChI=1S/C11H13N/c1-2-6-11(7-3-1)10-12-8-4-5-9-12/h1-3,6-9H,4-5,10H2. The highest BCUT2D eigenvalue weighted by molar-refractivity contribution is 5.53. The van der Waals surface area contributed by atoms with Crippen molar-refractivity contribution < 1.29 is 4.58 Å². The lowest BCUT2D eigenvalue weighted by atomic mass is 10.2. The molecule has 1 aliphatic rings. The summed E-state index contributed by atoms with van der Waals surface area (Å²) in [4.78, 5) is 0. The Bertz CT molecular complexity index is 274. The summed E-state index contributed by atoms with van der Waals surface area (Å²) in [6.45, 7) is 3.29. The SMILES string of the molecule is C1=[N+](Cc2ccccc2)[CH-]CC1. The van der Waals surface area contributed by atoms with Gasteiger partial charge in [-0.2, -0.15) is 0 Å². The van der Waals surface area contributed by atoms with E-state index in [-0.39, 0.29) is 0 Å². The Morgan fingerprint density at radius 3 is 2.75 bits per heavy atom. The van der Waals surface area contributed by atoms with Crippen molar-refractivity contribution in [2.45, 2.75) is 19.4 Å². The largest absolute Gasteiger partial charge is 0.365 e. The molecule has 0 spiro atoms. The number of hydrogen-bond acceptors (Lipinski definition) is 0. The van der Waals surface area contributed by atoms with Crippen LogP contribution in [0.15, 0.2) is 30.3 Å². The van der Waals surface area contributed by atoms with Gasteiger partial charge in [-0.3, -0.25) is 0 Å². The summed E-state index contributed by atoms with van der Waals surface area (Å²) in [5.74, 6) is 0. The minimum absolute atomic E-state index is 1.03. The van der Waals surface area contributed by atoms with Gasteiger partial charge in [0.25, 0.3) is 0 Å². The molecule has 1 aromatic rings. The Kier molecular flexibility index (Phi) is 2.12. The molecule has 1 nitrogen and oxygen atoms in total. The van der Waals surface area contributed by atoms with E-state index in [2.05, 4.69) is 47.7 Å². The van der Waals surface area contributed by atoms with E-state index in [9.17, 15) is 0 Å². The van der Waals surface area contributed by atoms with Gasteiger partial charge in [-0.1, -0.05) is 43.2 Å². The van der Waals surface area contributed by atoms with E-state index in [4.69, 9.17) is 0 Å². The summed E-state index contributed by atoms with van der Waals surface area (Å²) in [6, 6.07) is 10.6. The molecule has 0 saturated carbocycles. The lowest BCUT2D eigenvalue weighted by molar-refractivity contribution is -0.494. The molecule has 0 unspecified atom stereocenters. The first kappa shape index (κ1) is 7.41. The van der Waals surface area contributed by atoms with Crippen LogP contribution < -0.4 is 0 Å². The zero-order valence-electron chi connectivity index (χ0n) is 7.11. The van der Waals surface area contributed by atoms with Crippen LogP contribution in [0, 0.1) is 6.54 Å². The molecule has 1 aromatic carbocycles. The molecule has 1 heteroatoms. The van der Waals surface area contributed by atoms with Crippen LogP contribution in [0.25, 0.3) is 0 Å². The first-order valence-electron chi connectivity index (χ1n) is 4.41. The van der Waals surface area contributed by atoms with E-state index in [1.54, 1.807) is 0 Å². The van der Waals surface area contributed by atoms with E-state index in [0.29, 0.717) is 0 Å². The first-order chi connectivity index (χ1) is 5.95. The zero-order chi connectivity index (χ0) is 8.23. The second kappa shape index (κ2) is 3.44. The predicted octanol–water partition coefficient (Wildman–Crippen LogP) is 2.23. The third-order valence-electron chi connectivity index (χ3n) is 2.10. The third-order valence-corrected chi connectivity index (χ3v) is 2.10. The van der Waals surface area contributed by atoms with Crippen molar-refractivity contribution in [2.24, 2.45) is 0 Å². The van der Waals surface area contributed by atoms with Crippen molar-refractivity contribution in [1.29, 1.82) is 0 Å². The molecule has 2 rings (SSSR count). The van der Waals surface area contributed by atoms with Gasteiger partial charge in [0.15, 0.2) is 0 Å². The maximum atomic E-state index is 2.27. The quantitative estimate of drug-likeness (QED) is 0.460. The molecular weight excluding hydrogens is 146 g/mol. The maximum Gasteiger partial charge on any atom is 0.141 e. The molecule has 62 valence electrons. The van der Waals surface area contributed by atoms with Crippen molar-refractivity contribution in [3.8, 4) is 0 Å². The predicted molar refractivity (Wildman–Crippen MR) is 50.0 cm³/mol. The Labute approximate surface area is 73.4 Å². The molecule has 0 bridgehead atoms. The lowest BCUT2D eigenvalue weighted by Crippen LogP contribution is -2.03. The topological polar surface area (TPSA) is 3.01 Å². The van der Waals surface area contributed by atoms with Crippen LogP contribution in [0.4, 0.5) is 0 Å². The average molecular weight is 159 g/mol. The highest BCUT2D eigenvalue weighted by Crippen LogP contribution is 2.07. The van der Waals surface area contributed by atoms with Crippen molar-refractivity contribution in [1.82, 2.24) is 0 Å². The first-order valence-corrected chi connectivity index (χ1v) is 4.41. The minimum atomic E-state index is 1.03. The molecule has 0 fully saturated rings. The van der Waals surface area contributed by atoms with Gasteiger partial charge in [-0.05, 0) is 0 Å². The van der Waals surface area contributed by atoms with Crippen LogP contribution in [-0.4, -0.2) is 10.8 Å². The van der Waals surface area contributed by atoms with Crippen LogP contribution in [0.2, 0.25) is 0 Å². The smallest absolute Gasteiger partial charge is 0.141 e. The van der Waals surface area contributed by atoms with Crippen LogP contribution in [0.3, 0.4) is 0 Å². The third kappa shape index (κ3) is 1.67. The maximum absolute atomic E-state index is 2.27. The lowest BCUT2D eigenvalue weighted by Gasteiger charge is -2.03. The number of hydrogen-bond donors (Lipinski definition) is 0. The fourth-order valence-corrected chi connectivity index (χ4v) is 1.48. The summed E-state index contributed by atoms with van der Waals surface area (Å²) in [5, 5.41) is 0. The highest BCUT2D eigenvalue weighted by atomic mass is 15.0. The number of rotatable bonds is 2. The molecule has 0 radical (unpaired) electrons. The molecule has 1 aliphatic heterocycles. The van der Waals surface area contributed by atoms with Gasteiger partial charge in [-0.15, -0.1) is 0 Å².